The van der Waals surface area contributed by atoms with E-state index in [1.165, 1.54) is 0 Å². The molecule has 0 fully saturated rings. The number of rotatable bonds is 15. The molecule has 6 nitrogen and oxygen atoms in total. The average molecular weight is 464 g/mol. The number of hydrogen-bond acceptors (Lipinski definition) is 7. The van der Waals surface area contributed by atoms with Crippen molar-refractivity contribution in [3.8, 4) is 0 Å². The van der Waals surface area contributed by atoms with Gasteiger partial charge in [0, 0.05) is 6.61 Å². The van der Waals surface area contributed by atoms with Gasteiger partial charge < -0.3 is 5.11 Å². The molecular weight excluding hydrogens is 440 g/mol. The minimum atomic E-state index is -4.60. The Morgan fingerprint density at radius 3 is 1.66 bits per heavy atom. The van der Waals surface area contributed by atoms with Crippen molar-refractivity contribution in [3.63, 3.8) is 0 Å². The van der Waals surface area contributed by atoms with Crippen molar-refractivity contribution in [2.75, 3.05) is 12.4 Å². The lowest BCUT2D eigenvalue weighted by Crippen LogP contribution is -2.15. The highest BCUT2D eigenvalue weighted by molar-refractivity contribution is 7.94. The van der Waals surface area contributed by atoms with Crippen LogP contribution in [-0.2, 0) is 19.2 Å². The van der Waals surface area contributed by atoms with E-state index in [1.807, 2.05) is 0 Å². The normalized spacial score (nSPS) is 11.9. The van der Waals surface area contributed by atoms with Crippen LogP contribution >= 0.6 is 12.0 Å². The van der Waals surface area contributed by atoms with Crippen molar-refractivity contribution in [1.82, 2.24) is 0 Å². The van der Waals surface area contributed by atoms with Crippen LogP contribution in [0.1, 0.15) is 57.8 Å². The van der Waals surface area contributed by atoms with Crippen molar-refractivity contribution in [1.29, 1.82) is 0 Å². The SMILES string of the molecule is O=S(=O)(CCCCCCCCCCCO)c1c(F)c(F)c(SOOO)c(F)c1F. The fourth-order valence-electron chi connectivity index (χ4n) is 2.73. The second-order valence-corrected chi connectivity index (χ2v) is 9.12. The Bertz CT molecular complexity index is 717. The van der Waals surface area contributed by atoms with Gasteiger partial charge in [0.1, 0.15) is 9.79 Å². The summed E-state index contributed by atoms with van der Waals surface area (Å²) >= 11 is -0.353. The number of halogens is 4. The van der Waals surface area contributed by atoms with Crippen LogP contribution in [-0.4, -0.2) is 31.1 Å². The van der Waals surface area contributed by atoms with Crippen LogP contribution in [0.15, 0.2) is 9.79 Å². The molecule has 0 heterocycles. The van der Waals surface area contributed by atoms with Gasteiger partial charge in [0.2, 0.25) is 0 Å². The van der Waals surface area contributed by atoms with Gasteiger partial charge in [-0.1, -0.05) is 50.0 Å². The van der Waals surface area contributed by atoms with Gasteiger partial charge in [-0.05, 0) is 12.8 Å². The van der Waals surface area contributed by atoms with Gasteiger partial charge >= 0.3 is 0 Å². The number of hydrogen-bond donors (Lipinski definition) is 2. The Kier molecular flexibility index (Phi) is 12.1. The summed E-state index contributed by atoms with van der Waals surface area (Å²) in [4.78, 5) is -2.99. The molecule has 0 aliphatic carbocycles. The highest BCUT2D eigenvalue weighted by Gasteiger charge is 2.33. The molecule has 1 rings (SSSR count). The first kappa shape index (κ1) is 26.1. The van der Waals surface area contributed by atoms with E-state index in [0.717, 1.165) is 44.9 Å². The van der Waals surface area contributed by atoms with Crippen LogP contribution in [0.25, 0.3) is 0 Å². The topological polar surface area (TPSA) is 93.1 Å². The van der Waals surface area contributed by atoms with Gasteiger partial charge in [-0.3, -0.25) is 0 Å². The van der Waals surface area contributed by atoms with E-state index in [0.29, 0.717) is 6.42 Å². The molecular formula is C17H24F4O6S2. The van der Waals surface area contributed by atoms with Gasteiger partial charge in [0.25, 0.3) is 0 Å². The second-order valence-electron chi connectivity index (χ2n) is 6.36. The zero-order valence-corrected chi connectivity index (χ0v) is 17.3. The highest BCUT2D eigenvalue weighted by Crippen LogP contribution is 2.34. The lowest BCUT2D eigenvalue weighted by atomic mass is 10.1. The molecule has 2 N–H and O–H groups in total. The molecule has 1 aromatic rings. The third kappa shape index (κ3) is 8.02. The largest absolute Gasteiger partial charge is 0.396 e. The maximum atomic E-state index is 14.1. The minimum absolute atomic E-state index is 0.0902. The first-order chi connectivity index (χ1) is 13.8. The molecule has 0 aliphatic heterocycles. The summed E-state index contributed by atoms with van der Waals surface area (Å²) in [5.74, 6) is -8.71. The highest BCUT2D eigenvalue weighted by atomic mass is 32.2. The van der Waals surface area contributed by atoms with Crippen LogP contribution in [0.4, 0.5) is 17.6 Å². The molecule has 29 heavy (non-hydrogen) atoms. The molecule has 0 atom stereocenters. The molecule has 0 unspecified atom stereocenters. The maximum Gasteiger partial charge on any atom is 0.184 e. The van der Waals surface area contributed by atoms with Gasteiger partial charge in [0.05, 0.1) is 17.8 Å². The zero-order valence-electron chi connectivity index (χ0n) is 15.6. The van der Waals surface area contributed by atoms with Gasteiger partial charge in [-0.2, -0.15) is 0 Å². The molecule has 0 saturated carbocycles. The number of sulfone groups is 1. The summed E-state index contributed by atoms with van der Waals surface area (Å²) in [5, 5.41) is 19.7. The Labute approximate surface area is 171 Å². The van der Waals surface area contributed by atoms with E-state index >= 15 is 0 Å². The predicted octanol–water partition coefficient (Wildman–Crippen LogP) is 4.95. The summed E-state index contributed by atoms with van der Waals surface area (Å²) in [6.07, 6.45) is 6.85. The van der Waals surface area contributed by atoms with Crippen LogP contribution in [0.5, 0.6) is 0 Å². The summed E-state index contributed by atoms with van der Waals surface area (Å²) in [7, 11) is -4.60. The number of aliphatic hydroxyl groups is 1. The number of benzene rings is 1. The zero-order chi connectivity index (χ0) is 21.9. The summed E-state index contributed by atoms with van der Waals surface area (Å²) in [6, 6.07) is 0. The molecule has 0 spiro atoms. The van der Waals surface area contributed by atoms with Crippen molar-refractivity contribution < 1.29 is 45.7 Å². The quantitative estimate of drug-likeness (QED) is 0.0948. The molecule has 0 amide bonds. The van der Waals surface area contributed by atoms with Crippen LogP contribution in [0.2, 0.25) is 0 Å². The first-order valence-corrected chi connectivity index (χ1v) is 11.5. The summed E-state index contributed by atoms with van der Waals surface area (Å²) in [6.45, 7) is 0.176. The standard InChI is InChI=1S/C17H24F4O6S2/c18-12-14(20)17(15(21)13(19)16(12)28-27-26-23)29(24,25)11-9-7-5-3-1-2-4-6-8-10-22/h22-23H,1-11H2. The Morgan fingerprint density at radius 2 is 1.21 bits per heavy atom. The maximum absolute atomic E-state index is 14.1. The minimum Gasteiger partial charge on any atom is -0.396 e. The third-order valence-corrected chi connectivity index (χ3v) is 6.67. The second kappa shape index (κ2) is 13.4. The molecule has 12 heteroatoms. The smallest absolute Gasteiger partial charge is 0.184 e. The Morgan fingerprint density at radius 1 is 0.759 bits per heavy atom. The van der Waals surface area contributed by atoms with Gasteiger partial charge in [-0.25, -0.2) is 31.2 Å². The Balaban J connectivity index is 2.62. The number of aliphatic hydroxyl groups excluding tert-OH is 1. The van der Waals surface area contributed by atoms with E-state index in [1.54, 1.807) is 0 Å². The summed E-state index contributed by atoms with van der Waals surface area (Å²) < 4.78 is 84.1. The fourth-order valence-corrected chi connectivity index (χ4v) is 4.67. The van der Waals surface area contributed by atoms with Gasteiger partial charge in [-0.15, -0.1) is 4.33 Å². The monoisotopic (exact) mass is 464 g/mol. The molecule has 0 aliphatic rings. The Hall–Kier alpha value is -0.920. The van der Waals surface area contributed by atoms with E-state index in [9.17, 15) is 26.0 Å². The van der Waals surface area contributed by atoms with Gasteiger partial charge in [0.15, 0.2) is 33.1 Å². The van der Waals surface area contributed by atoms with Crippen molar-refractivity contribution in [2.24, 2.45) is 0 Å². The van der Waals surface area contributed by atoms with Crippen molar-refractivity contribution in [2.45, 2.75) is 67.6 Å². The lowest BCUT2D eigenvalue weighted by Gasteiger charge is -2.11. The predicted molar refractivity (Wildman–Crippen MR) is 97.6 cm³/mol. The van der Waals surface area contributed by atoms with Crippen LogP contribution in [0, 0.1) is 23.3 Å². The molecule has 1 aromatic carbocycles. The lowest BCUT2D eigenvalue weighted by molar-refractivity contribution is -0.432. The van der Waals surface area contributed by atoms with Crippen molar-refractivity contribution in [3.05, 3.63) is 23.3 Å². The molecule has 0 bridgehead atoms. The summed E-state index contributed by atoms with van der Waals surface area (Å²) in [5.41, 5.74) is 0. The fraction of sp³-hybridized carbons (Fsp3) is 0.647. The molecule has 0 aromatic heterocycles. The van der Waals surface area contributed by atoms with E-state index < -0.39 is 48.6 Å². The van der Waals surface area contributed by atoms with Crippen molar-refractivity contribution >= 4 is 21.9 Å². The molecule has 0 radical (unpaired) electrons. The molecule has 168 valence electrons. The van der Waals surface area contributed by atoms with Crippen LogP contribution < -0.4 is 0 Å². The third-order valence-electron chi connectivity index (χ3n) is 4.21. The van der Waals surface area contributed by atoms with E-state index in [-0.39, 0.29) is 25.1 Å². The van der Waals surface area contributed by atoms with E-state index in [2.05, 4.69) is 9.37 Å². The number of unbranched alkanes of at least 4 members (excludes halogenated alkanes) is 8. The molecule has 0 saturated heterocycles. The van der Waals surface area contributed by atoms with Crippen LogP contribution in [0.3, 0.4) is 0 Å². The average Bonchev–Trinajstić information content (AvgIpc) is 2.68. The first-order valence-electron chi connectivity index (χ1n) is 9.12. The van der Waals surface area contributed by atoms with E-state index in [4.69, 9.17) is 10.4 Å².